The molecule has 1 aliphatic heterocycles. The molecule has 0 amide bonds. The maximum atomic E-state index is 13.9. The van der Waals surface area contributed by atoms with Gasteiger partial charge in [-0.25, -0.2) is 14.1 Å². The molecule has 4 aromatic rings. The number of hydrogen-bond donors (Lipinski definition) is 1. The fourth-order valence-electron chi connectivity index (χ4n) is 3.74. The van der Waals surface area contributed by atoms with E-state index in [1.807, 2.05) is 36.0 Å². The molecule has 9 heteroatoms. The van der Waals surface area contributed by atoms with Crippen LogP contribution in [0.2, 0.25) is 0 Å². The van der Waals surface area contributed by atoms with Crippen LogP contribution in [-0.4, -0.2) is 51.5 Å². The highest BCUT2D eigenvalue weighted by molar-refractivity contribution is 7.99. The summed E-state index contributed by atoms with van der Waals surface area (Å²) in [7, 11) is 1.62. The van der Waals surface area contributed by atoms with Gasteiger partial charge in [0.15, 0.2) is 5.65 Å². The number of fused-ring (bicyclic) bond motifs is 1. The molecule has 0 radical (unpaired) electrons. The number of rotatable bonds is 4. The molecule has 158 valence electrons. The van der Waals surface area contributed by atoms with Crippen LogP contribution in [0.15, 0.2) is 48.5 Å². The molecule has 1 saturated heterocycles. The quantitative estimate of drug-likeness (QED) is 0.521. The minimum Gasteiger partial charge on any atom is -0.496 e. The topological polar surface area (TPSA) is 82.1 Å². The summed E-state index contributed by atoms with van der Waals surface area (Å²) >= 11 is 1.92. The Kier molecular flexibility index (Phi) is 5.11. The van der Waals surface area contributed by atoms with E-state index < -0.39 is 0 Å². The van der Waals surface area contributed by atoms with Gasteiger partial charge in [-0.15, -0.1) is 5.10 Å². The Morgan fingerprint density at radius 1 is 1.06 bits per heavy atom. The first-order chi connectivity index (χ1) is 15.2. The van der Waals surface area contributed by atoms with Crippen LogP contribution >= 0.6 is 11.8 Å². The smallest absolute Gasteiger partial charge is 0.228 e. The normalized spacial score (nSPS) is 14.2. The molecule has 5 rings (SSSR count). The van der Waals surface area contributed by atoms with Crippen molar-refractivity contribution >= 4 is 34.6 Å². The van der Waals surface area contributed by atoms with Gasteiger partial charge in [0.05, 0.1) is 23.9 Å². The Labute approximate surface area is 183 Å². The van der Waals surface area contributed by atoms with Crippen molar-refractivity contribution in [3.63, 3.8) is 0 Å². The lowest BCUT2D eigenvalue weighted by atomic mass is 10.1. The van der Waals surface area contributed by atoms with E-state index in [-0.39, 0.29) is 5.82 Å². The third-order valence-electron chi connectivity index (χ3n) is 5.27. The van der Waals surface area contributed by atoms with E-state index in [4.69, 9.17) is 20.4 Å². The molecule has 0 bridgehead atoms. The van der Waals surface area contributed by atoms with Gasteiger partial charge in [0, 0.05) is 30.2 Å². The van der Waals surface area contributed by atoms with Crippen molar-refractivity contribution in [1.29, 1.82) is 0 Å². The van der Waals surface area contributed by atoms with Crippen LogP contribution in [0.4, 0.5) is 16.2 Å². The Bertz CT molecular complexity index is 1250. The van der Waals surface area contributed by atoms with Crippen LogP contribution in [0.5, 0.6) is 5.75 Å². The maximum Gasteiger partial charge on any atom is 0.228 e. The molecule has 1 aliphatic rings. The van der Waals surface area contributed by atoms with Crippen LogP contribution in [-0.2, 0) is 0 Å². The number of hydrogen-bond acceptors (Lipinski definition) is 7. The zero-order valence-electron chi connectivity index (χ0n) is 17.0. The second-order valence-corrected chi connectivity index (χ2v) is 8.37. The molecular weight excluding hydrogens is 415 g/mol. The second kappa shape index (κ2) is 8.07. The largest absolute Gasteiger partial charge is 0.496 e. The van der Waals surface area contributed by atoms with Gasteiger partial charge in [-0.05, 0) is 30.3 Å². The van der Waals surface area contributed by atoms with Gasteiger partial charge in [0.1, 0.15) is 17.4 Å². The maximum absolute atomic E-state index is 13.9. The summed E-state index contributed by atoms with van der Waals surface area (Å²) in [5.41, 5.74) is 8.96. The minimum absolute atomic E-state index is 0.349. The molecule has 31 heavy (non-hydrogen) atoms. The molecule has 1 fully saturated rings. The van der Waals surface area contributed by atoms with Crippen molar-refractivity contribution in [1.82, 2.24) is 19.7 Å². The first-order valence-electron chi connectivity index (χ1n) is 9.94. The number of halogens is 1. The monoisotopic (exact) mass is 436 g/mol. The molecule has 0 saturated carbocycles. The Morgan fingerprint density at radius 2 is 1.87 bits per heavy atom. The van der Waals surface area contributed by atoms with Crippen LogP contribution in [0, 0.1) is 5.82 Å². The van der Waals surface area contributed by atoms with Crippen LogP contribution in [0.3, 0.4) is 0 Å². The molecule has 2 N–H and O–H groups in total. The standard InChI is InChI=1S/C22H21FN6OS/c1-30-17-8-3-2-7-16(17)19-18-20(24)29(15-6-4-5-14(23)13-15)27-21(18)26-22(25-19)28-9-11-31-12-10-28/h2-8,13H,9-12,24H2,1H3. The zero-order valence-corrected chi connectivity index (χ0v) is 17.8. The molecule has 0 aliphatic carbocycles. The molecule has 0 unspecified atom stereocenters. The molecule has 3 heterocycles. The molecule has 2 aromatic heterocycles. The van der Waals surface area contributed by atoms with Gasteiger partial charge < -0.3 is 15.4 Å². The van der Waals surface area contributed by atoms with Crippen LogP contribution < -0.4 is 15.4 Å². The number of ether oxygens (including phenoxy) is 1. The number of para-hydroxylation sites is 1. The van der Waals surface area contributed by atoms with Crippen LogP contribution in [0.25, 0.3) is 28.0 Å². The summed E-state index contributed by atoms with van der Waals surface area (Å²) in [5, 5.41) is 5.24. The third-order valence-corrected chi connectivity index (χ3v) is 6.21. The predicted molar refractivity (Wildman–Crippen MR) is 123 cm³/mol. The number of benzene rings is 2. The van der Waals surface area contributed by atoms with E-state index in [1.54, 1.807) is 19.2 Å². The average molecular weight is 437 g/mol. The van der Waals surface area contributed by atoms with Crippen molar-refractivity contribution in [2.24, 2.45) is 0 Å². The van der Waals surface area contributed by atoms with E-state index in [0.29, 0.717) is 39.9 Å². The van der Waals surface area contributed by atoms with Crippen molar-refractivity contribution < 1.29 is 9.13 Å². The Hall–Kier alpha value is -3.33. The highest BCUT2D eigenvalue weighted by Crippen LogP contribution is 2.37. The van der Waals surface area contributed by atoms with Gasteiger partial charge >= 0.3 is 0 Å². The lowest BCUT2D eigenvalue weighted by molar-refractivity contribution is 0.416. The highest BCUT2D eigenvalue weighted by Gasteiger charge is 2.23. The first-order valence-corrected chi connectivity index (χ1v) is 11.1. The van der Waals surface area contributed by atoms with Gasteiger partial charge in [-0.1, -0.05) is 18.2 Å². The van der Waals surface area contributed by atoms with Crippen molar-refractivity contribution in [3.8, 4) is 22.7 Å². The van der Waals surface area contributed by atoms with Crippen molar-refractivity contribution in [2.45, 2.75) is 0 Å². The summed E-state index contributed by atoms with van der Waals surface area (Å²) in [6.45, 7) is 1.73. The molecule has 2 aromatic carbocycles. The van der Waals surface area contributed by atoms with E-state index in [1.165, 1.54) is 16.8 Å². The minimum atomic E-state index is -0.362. The lowest BCUT2D eigenvalue weighted by Gasteiger charge is -2.26. The fourth-order valence-corrected chi connectivity index (χ4v) is 4.65. The lowest BCUT2D eigenvalue weighted by Crippen LogP contribution is -2.33. The van der Waals surface area contributed by atoms with E-state index in [2.05, 4.69) is 10.00 Å². The predicted octanol–water partition coefficient (Wildman–Crippen LogP) is 3.77. The fraction of sp³-hybridized carbons (Fsp3) is 0.227. The summed E-state index contributed by atoms with van der Waals surface area (Å²) in [4.78, 5) is 11.8. The van der Waals surface area contributed by atoms with Crippen LogP contribution in [0.1, 0.15) is 0 Å². The summed E-state index contributed by atoms with van der Waals surface area (Å²) in [5.74, 6) is 3.32. The first kappa shape index (κ1) is 19.6. The Balaban J connectivity index is 1.77. The van der Waals surface area contributed by atoms with Gasteiger partial charge in [-0.3, -0.25) is 0 Å². The van der Waals surface area contributed by atoms with Crippen molar-refractivity contribution in [3.05, 3.63) is 54.3 Å². The number of anilines is 2. The highest BCUT2D eigenvalue weighted by atomic mass is 32.2. The SMILES string of the molecule is COc1ccccc1-c1nc(N2CCSCC2)nc2nn(-c3cccc(F)c3)c(N)c12. The summed E-state index contributed by atoms with van der Waals surface area (Å²) in [6, 6.07) is 13.8. The molecule has 0 atom stereocenters. The second-order valence-electron chi connectivity index (χ2n) is 7.15. The molecule has 0 spiro atoms. The Morgan fingerprint density at radius 3 is 2.65 bits per heavy atom. The molecule has 7 nitrogen and oxygen atoms in total. The van der Waals surface area contributed by atoms with E-state index in [0.717, 1.165) is 30.2 Å². The zero-order chi connectivity index (χ0) is 21.4. The number of nitrogen functional groups attached to an aromatic ring is 1. The van der Waals surface area contributed by atoms with E-state index in [9.17, 15) is 4.39 Å². The number of aromatic nitrogens is 4. The molecular formula is C22H21FN6OS. The summed E-state index contributed by atoms with van der Waals surface area (Å²) in [6.07, 6.45) is 0. The van der Waals surface area contributed by atoms with Gasteiger partial charge in [0.2, 0.25) is 5.95 Å². The number of nitrogens with zero attached hydrogens (tertiary/aromatic N) is 5. The van der Waals surface area contributed by atoms with E-state index >= 15 is 0 Å². The van der Waals surface area contributed by atoms with Gasteiger partial charge in [0.25, 0.3) is 0 Å². The van der Waals surface area contributed by atoms with Gasteiger partial charge in [-0.2, -0.15) is 16.7 Å². The third kappa shape index (κ3) is 3.54. The summed E-state index contributed by atoms with van der Waals surface area (Å²) < 4.78 is 21.0. The number of methoxy groups -OCH3 is 1. The van der Waals surface area contributed by atoms with Crippen molar-refractivity contribution in [2.75, 3.05) is 42.3 Å². The average Bonchev–Trinajstić information content (AvgIpc) is 3.15. The number of thioether (sulfide) groups is 1. The number of nitrogens with two attached hydrogens (primary N) is 1.